The van der Waals surface area contributed by atoms with Crippen LogP contribution in [-0.4, -0.2) is 30.0 Å². The fourth-order valence-electron chi connectivity index (χ4n) is 3.61. The third kappa shape index (κ3) is 2.57. The van der Waals surface area contributed by atoms with Gasteiger partial charge in [0.15, 0.2) is 0 Å². The van der Waals surface area contributed by atoms with E-state index in [1.54, 1.807) is 25.4 Å². The van der Waals surface area contributed by atoms with Gasteiger partial charge in [0, 0.05) is 12.2 Å². The highest BCUT2D eigenvalue weighted by Gasteiger charge is 2.35. The molecule has 1 saturated carbocycles. The third-order valence-corrected chi connectivity index (χ3v) is 4.69. The molecule has 1 aliphatic carbocycles. The highest BCUT2D eigenvalue weighted by atomic mass is 16.5. The zero-order chi connectivity index (χ0) is 13.9. The first-order valence-electron chi connectivity index (χ1n) is 7.59. The lowest BCUT2D eigenvalue weighted by molar-refractivity contribution is 0.0853. The smallest absolute Gasteiger partial charge is 0.201 e. The summed E-state index contributed by atoms with van der Waals surface area (Å²) in [5.41, 5.74) is 0.460. The molecule has 0 bridgehead atoms. The maximum Gasteiger partial charge on any atom is 0.201 e. The summed E-state index contributed by atoms with van der Waals surface area (Å²) in [6, 6.07) is 4.01. The van der Waals surface area contributed by atoms with Crippen molar-refractivity contribution in [3.63, 3.8) is 0 Å². The number of rotatable bonds is 3. The second-order valence-electron chi connectivity index (χ2n) is 5.87. The van der Waals surface area contributed by atoms with Gasteiger partial charge in [-0.05, 0) is 43.7 Å². The summed E-state index contributed by atoms with van der Waals surface area (Å²) in [7, 11) is 1.58. The van der Waals surface area contributed by atoms with Gasteiger partial charge >= 0.3 is 0 Å². The van der Waals surface area contributed by atoms with Crippen molar-refractivity contribution >= 4 is 5.78 Å². The van der Waals surface area contributed by atoms with Gasteiger partial charge in [0.2, 0.25) is 5.78 Å². The van der Waals surface area contributed by atoms with Crippen LogP contribution in [0.2, 0.25) is 0 Å². The SMILES string of the molecule is COc1cccnc1C(=O)C1CCC2CCCCC2N1. The van der Waals surface area contributed by atoms with Crippen LogP contribution in [-0.2, 0) is 0 Å². The third-order valence-electron chi connectivity index (χ3n) is 4.69. The number of aromatic nitrogens is 1. The Hall–Kier alpha value is -1.42. The monoisotopic (exact) mass is 274 g/mol. The molecule has 0 spiro atoms. The summed E-state index contributed by atoms with van der Waals surface area (Å²) in [6.07, 6.45) is 8.86. The Morgan fingerprint density at radius 3 is 3.00 bits per heavy atom. The van der Waals surface area contributed by atoms with Crippen LogP contribution in [0.4, 0.5) is 0 Å². The van der Waals surface area contributed by atoms with Crippen LogP contribution in [0.3, 0.4) is 0 Å². The fraction of sp³-hybridized carbons (Fsp3) is 0.625. The topological polar surface area (TPSA) is 51.2 Å². The molecule has 0 aromatic carbocycles. The number of ketones is 1. The van der Waals surface area contributed by atoms with Gasteiger partial charge in [-0.1, -0.05) is 12.8 Å². The van der Waals surface area contributed by atoms with E-state index in [4.69, 9.17) is 4.74 Å². The predicted octanol–water partition coefficient (Wildman–Crippen LogP) is 2.58. The molecule has 108 valence electrons. The lowest BCUT2D eigenvalue weighted by Gasteiger charge is -2.39. The molecule has 1 aromatic rings. The zero-order valence-corrected chi connectivity index (χ0v) is 12.0. The second-order valence-corrected chi connectivity index (χ2v) is 5.87. The van der Waals surface area contributed by atoms with Crippen molar-refractivity contribution in [2.45, 2.75) is 50.6 Å². The minimum atomic E-state index is -0.0989. The summed E-state index contributed by atoms with van der Waals surface area (Å²) >= 11 is 0. The summed E-state index contributed by atoms with van der Waals surface area (Å²) in [6.45, 7) is 0. The number of hydrogen-bond acceptors (Lipinski definition) is 4. The van der Waals surface area contributed by atoms with Crippen molar-refractivity contribution in [2.24, 2.45) is 5.92 Å². The molecule has 1 saturated heterocycles. The average molecular weight is 274 g/mol. The van der Waals surface area contributed by atoms with Crippen molar-refractivity contribution in [2.75, 3.05) is 7.11 Å². The Morgan fingerprint density at radius 2 is 2.15 bits per heavy atom. The molecule has 1 N–H and O–H groups in total. The molecule has 0 amide bonds. The van der Waals surface area contributed by atoms with Crippen LogP contribution < -0.4 is 10.1 Å². The lowest BCUT2D eigenvalue weighted by atomic mass is 9.77. The molecule has 0 radical (unpaired) electrons. The van der Waals surface area contributed by atoms with E-state index in [0.717, 1.165) is 18.8 Å². The van der Waals surface area contributed by atoms with E-state index in [1.165, 1.54) is 25.7 Å². The molecule has 2 heterocycles. The highest BCUT2D eigenvalue weighted by molar-refractivity contribution is 6.00. The number of nitrogens with zero attached hydrogens (tertiary/aromatic N) is 1. The maximum atomic E-state index is 12.6. The van der Waals surface area contributed by atoms with Crippen molar-refractivity contribution in [3.05, 3.63) is 24.0 Å². The van der Waals surface area contributed by atoms with Crippen LogP contribution in [0, 0.1) is 5.92 Å². The molecule has 4 nitrogen and oxygen atoms in total. The lowest BCUT2D eigenvalue weighted by Crippen LogP contribution is -2.52. The first-order chi connectivity index (χ1) is 9.79. The van der Waals surface area contributed by atoms with Gasteiger partial charge in [-0.2, -0.15) is 0 Å². The fourth-order valence-corrected chi connectivity index (χ4v) is 3.61. The van der Waals surface area contributed by atoms with E-state index in [0.29, 0.717) is 17.5 Å². The van der Waals surface area contributed by atoms with Crippen molar-refractivity contribution in [1.82, 2.24) is 10.3 Å². The van der Waals surface area contributed by atoms with Gasteiger partial charge in [0.1, 0.15) is 11.4 Å². The second kappa shape index (κ2) is 5.92. The first-order valence-corrected chi connectivity index (χ1v) is 7.59. The zero-order valence-electron chi connectivity index (χ0n) is 12.0. The van der Waals surface area contributed by atoms with Gasteiger partial charge < -0.3 is 10.1 Å². The molecule has 2 aliphatic rings. The molecular weight excluding hydrogens is 252 g/mol. The summed E-state index contributed by atoms with van der Waals surface area (Å²) in [4.78, 5) is 16.9. The Balaban J connectivity index is 1.74. The number of pyridine rings is 1. The minimum Gasteiger partial charge on any atom is -0.494 e. The quantitative estimate of drug-likeness (QED) is 0.861. The summed E-state index contributed by atoms with van der Waals surface area (Å²) in [5.74, 6) is 1.41. The van der Waals surface area contributed by atoms with Crippen molar-refractivity contribution in [1.29, 1.82) is 0 Å². The normalized spacial score (nSPS) is 29.6. The van der Waals surface area contributed by atoms with E-state index in [-0.39, 0.29) is 11.8 Å². The number of nitrogens with one attached hydrogen (secondary N) is 1. The Bertz CT molecular complexity index is 489. The average Bonchev–Trinajstić information content (AvgIpc) is 2.53. The molecule has 3 atom stereocenters. The van der Waals surface area contributed by atoms with Crippen LogP contribution >= 0.6 is 0 Å². The number of piperidine rings is 1. The molecule has 1 aromatic heterocycles. The molecule has 3 unspecified atom stereocenters. The van der Waals surface area contributed by atoms with Gasteiger partial charge in [-0.15, -0.1) is 0 Å². The van der Waals surface area contributed by atoms with E-state index in [9.17, 15) is 4.79 Å². The summed E-state index contributed by atoms with van der Waals surface area (Å²) in [5, 5.41) is 3.56. The van der Waals surface area contributed by atoms with Crippen LogP contribution in [0.5, 0.6) is 5.75 Å². The number of Topliss-reactive ketones (excluding diaryl/α,β-unsaturated/α-hetero) is 1. The van der Waals surface area contributed by atoms with E-state index in [1.807, 2.05) is 0 Å². The van der Waals surface area contributed by atoms with Gasteiger partial charge in [0.05, 0.1) is 13.2 Å². The number of ether oxygens (including phenoxy) is 1. The summed E-state index contributed by atoms with van der Waals surface area (Å²) < 4.78 is 5.25. The number of fused-ring (bicyclic) bond motifs is 1. The van der Waals surface area contributed by atoms with Gasteiger partial charge in [-0.25, -0.2) is 4.98 Å². The number of carbonyl (C=O) groups excluding carboxylic acids is 1. The van der Waals surface area contributed by atoms with Crippen molar-refractivity contribution in [3.8, 4) is 5.75 Å². The first kappa shape index (κ1) is 13.6. The van der Waals surface area contributed by atoms with Gasteiger partial charge in [-0.3, -0.25) is 4.79 Å². The molecule has 20 heavy (non-hydrogen) atoms. The van der Waals surface area contributed by atoms with E-state index in [2.05, 4.69) is 10.3 Å². The minimum absolute atomic E-state index is 0.0754. The number of hydrogen-bond donors (Lipinski definition) is 1. The van der Waals surface area contributed by atoms with E-state index >= 15 is 0 Å². The van der Waals surface area contributed by atoms with E-state index < -0.39 is 0 Å². The number of methoxy groups -OCH3 is 1. The standard InChI is InChI=1S/C16H22N2O2/c1-20-14-7-4-10-17-15(14)16(19)13-9-8-11-5-2-3-6-12(11)18-13/h4,7,10-13,18H,2-3,5-6,8-9H2,1H3. The molecule has 4 heteroatoms. The van der Waals surface area contributed by atoms with Crippen LogP contribution in [0.25, 0.3) is 0 Å². The van der Waals surface area contributed by atoms with Crippen LogP contribution in [0.15, 0.2) is 18.3 Å². The number of carbonyl (C=O) groups is 1. The Kier molecular flexibility index (Phi) is 4.01. The molecule has 3 rings (SSSR count). The molecule has 2 fully saturated rings. The van der Waals surface area contributed by atoms with Crippen LogP contribution in [0.1, 0.15) is 49.0 Å². The molecular formula is C16H22N2O2. The Morgan fingerprint density at radius 1 is 1.30 bits per heavy atom. The van der Waals surface area contributed by atoms with Gasteiger partial charge in [0.25, 0.3) is 0 Å². The predicted molar refractivity (Wildman–Crippen MR) is 77.0 cm³/mol. The van der Waals surface area contributed by atoms with Crippen molar-refractivity contribution < 1.29 is 9.53 Å². The highest BCUT2D eigenvalue weighted by Crippen LogP contribution is 2.33. The Labute approximate surface area is 119 Å². The maximum absolute atomic E-state index is 12.6. The molecule has 1 aliphatic heterocycles. The largest absolute Gasteiger partial charge is 0.494 e.